The van der Waals surface area contributed by atoms with Crippen LogP contribution in [0.2, 0.25) is 0 Å². The maximum absolute atomic E-state index is 14.4. The Morgan fingerprint density at radius 2 is 2.00 bits per heavy atom. The lowest BCUT2D eigenvalue weighted by Gasteiger charge is -2.32. The molecule has 198 valence electrons. The number of halogens is 1. The van der Waals surface area contributed by atoms with E-state index in [9.17, 15) is 23.6 Å². The monoisotopic (exact) mass is 523 g/mol. The molecule has 4 heterocycles. The van der Waals surface area contributed by atoms with Crippen molar-refractivity contribution in [3.8, 4) is 5.75 Å². The molecule has 0 saturated carbocycles. The summed E-state index contributed by atoms with van der Waals surface area (Å²) in [6.45, 7) is 6.22. The first-order valence-corrected chi connectivity index (χ1v) is 12.0. The van der Waals surface area contributed by atoms with E-state index in [-0.39, 0.29) is 42.0 Å². The third kappa shape index (κ3) is 4.74. The summed E-state index contributed by atoms with van der Waals surface area (Å²) in [5.41, 5.74) is 0.115. The molecule has 1 fully saturated rings. The van der Waals surface area contributed by atoms with Crippen LogP contribution in [0.15, 0.2) is 30.5 Å². The second-order valence-electron chi connectivity index (χ2n) is 10.1. The van der Waals surface area contributed by atoms with Gasteiger partial charge in [0.05, 0.1) is 11.9 Å². The van der Waals surface area contributed by atoms with Crippen molar-refractivity contribution in [2.75, 3.05) is 18.5 Å². The molecule has 5 rings (SSSR count). The Morgan fingerprint density at radius 1 is 1.21 bits per heavy atom. The third-order valence-electron chi connectivity index (χ3n) is 6.34. The summed E-state index contributed by atoms with van der Waals surface area (Å²) in [6.07, 6.45) is 1.31. The summed E-state index contributed by atoms with van der Waals surface area (Å²) < 4.78 is 20.7. The van der Waals surface area contributed by atoms with Crippen LogP contribution in [-0.2, 0) is 16.1 Å². The first-order chi connectivity index (χ1) is 18.0. The number of nitrogens with one attached hydrogen (secondary N) is 3. The number of fused-ring (bicyclic) bond motifs is 2. The molecule has 2 aromatic heterocycles. The van der Waals surface area contributed by atoms with Crippen LogP contribution in [0.1, 0.15) is 53.7 Å². The van der Waals surface area contributed by atoms with Gasteiger partial charge in [-0.3, -0.25) is 19.2 Å². The van der Waals surface area contributed by atoms with Crippen LogP contribution in [0.5, 0.6) is 5.75 Å². The number of hydrogen-bond donors (Lipinski definition) is 3. The lowest BCUT2D eigenvalue weighted by molar-refractivity contribution is -0.133. The minimum absolute atomic E-state index is 0.0668. The van der Waals surface area contributed by atoms with E-state index in [4.69, 9.17) is 4.74 Å². The first-order valence-electron chi connectivity index (χ1n) is 12.0. The molecule has 1 saturated heterocycles. The van der Waals surface area contributed by atoms with Crippen molar-refractivity contribution >= 4 is 35.0 Å². The normalized spacial score (nSPS) is 17.2. The Hall–Kier alpha value is -4.55. The fourth-order valence-corrected chi connectivity index (χ4v) is 4.44. The van der Waals surface area contributed by atoms with Gasteiger partial charge in [-0.15, -0.1) is 0 Å². The average Bonchev–Trinajstić information content (AvgIpc) is 3.43. The van der Waals surface area contributed by atoms with Gasteiger partial charge in [-0.1, -0.05) is 6.07 Å². The first kappa shape index (κ1) is 25.1. The molecule has 0 radical (unpaired) electrons. The maximum atomic E-state index is 14.4. The van der Waals surface area contributed by atoms with Crippen LogP contribution in [0, 0.1) is 5.82 Å². The highest BCUT2D eigenvalue weighted by Gasteiger charge is 2.38. The highest BCUT2D eigenvalue weighted by molar-refractivity contribution is 6.00. The number of carbonyl (C=O) groups excluding carboxylic acids is 4. The average molecular weight is 524 g/mol. The molecule has 2 aliphatic heterocycles. The molecule has 12 nitrogen and oxygen atoms in total. The summed E-state index contributed by atoms with van der Waals surface area (Å²) >= 11 is 0. The SMILES string of the molecule is CC(C)(C)N1CC[C@H](NC(=O)c2cc(C(=O)NCc3ccc4c(c3)NC(=O)CO4)nc3c(F)cnn23)C1=O. The van der Waals surface area contributed by atoms with E-state index in [1.54, 1.807) is 23.1 Å². The van der Waals surface area contributed by atoms with Crippen LogP contribution in [0.25, 0.3) is 5.65 Å². The van der Waals surface area contributed by atoms with Gasteiger partial charge in [0, 0.05) is 24.7 Å². The minimum Gasteiger partial charge on any atom is -0.482 e. The van der Waals surface area contributed by atoms with Crippen LogP contribution < -0.4 is 20.7 Å². The lowest BCUT2D eigenvalue weighted by atomic mass is 10.1. The van der Waals surface area contributed by atoms with Gasteiger partial charge in [-0.2, -0.15) is 5.10 Å². The molecule has 1 aromatic carbocycles. The molecule has 3 aromatic rings. The number of likely N-dealkylation sites (tertiary alicyclic amines) is 1. The summed E-state index contributed by atoms with van der Waals surface area (Å²) in [5.74, 6) is -2.13. The summed E-state index contributed by atoms with van der Waals surface area (Å²) in [4.78, 5) is 56.2. The molecule has 38 heavy (non-hydrogen) atoms. The molecule has 1 atom stereocenters. The van der Waals surface area contributed by atoms with E-state index in [1.165, 1.54) is 6.07 Å². The molecular weight excluding hydrogens is 497 g/mol. The topological polar surface area (TPSA) is 147 Å². The van der Waals surface area contributed by atoms with E-state index in [2.05, 4.69) is 26.0 Å². The number of aromatic nitrogens is 3. The number of benzene rings is 1. The summed E-state index contributed by atoms with van der Waals surface area (Å²) in [6, 6.07) is 5.51. The van der Waals surface area contributed by atoms with E-state index in [1.807, 2.05) is 20.8 Å². The Labute approximate surface area is 216 Å². The second kappa shape index (κ2) is 9.39. The van der Waals surface area contributed by atoms with Crippen molar-refractivity contribution < 1.29 is 28.3 Å². The number of carbonyl (C=O) groups is 4. The lowest BCUT2D eigenvalue weighted by Crippen LogP contribution is -2.48. The van der Waals surface area contributed by atoms with E-state index in [0.29, 0.717) is 30.0 Å². The highest BCUT2D eigenvalue weighted by atomic mass is 19.1. The van der Waals surface area contributed by atoms with Crippen molar-refractivity contribution in [1.29, 1.82) is 0 Å². The molecule has 0 spiro atoms. The highest BCUT2D eigenvalue weighted by Crippen LogP contribution is 2.28. The zero-order chi connectivity index (χ0) is 27.2. The van der Waals surface area contributed by atoms with Gasteiger partial charge < -0.3 is 25.6 Å². The van der Waals surface area contributed by atoms with Crippen LogP contribution in [0.4, 0.5) is 10.1 Å². The molecule has 0 bridgehead atoms. The molecule has 3 N–H and O–H groups in total. The molecule has 0 aliphatic carbocycles. The summed E-state index contributed by atoms with van der Waals surface area (Å²) in [5, 5.41) is 11.9. The van der Waals surface area contributed by atoms with Crippen LogP contribution >= 0.6 is 0 Å². The molecule has 4 amide bonds. The molecular formula is C25H26FN7O5. The standard InChI is InChI=1S/C25H26FN7O5/c1-25(2,3)32-7-6-15(24(32)37)31-23(36)18-9-17(30-21-14(26)11-28-33(18)21)22(35)27-10-13-4-5-19-16(8-13)29-20(34)12-38-19/h4-5,8-9,11,15H,6-7,10,12H2,1-3H3,(H,27,35)(H,29,34)(H,31,36)/t15-/m0/s1. The number of ether oxygens (including phenoxy) is 1. The Bertz CT molecular complexity index is 1480. The quantitative estimate of drug-likeness (QED) is 0.456. The predicted molar refractivity (Wildman–Crippen MR) is 132 cm³/mol. The number of nitrogens with zero attached hydrogens (tertiary/aromatic N) is 4. The fourth-order valence-electron chi connectivity index (χ4n) is 4.44. The van der Waals surface area contributed by atoms with Crippen LogP contribution in [-0.4, -0.2) is 67.9 Å². The van der Waals surface area contributed by atoms with Crippen molar-refractivity contribution in [3.63, 3.8) is 0 Å². The largest absolute Gasteiger partial charge is 0.482 e. The molecule has 0 unspecified atom stereocenters. The van der Waals surface area contributed by atoms with E-state index >= 15 is 0 Å². The van der Waals surface area contributed by atoms with Crippen molar-refractivity contribution in [1.82, 2.24) is 30.1 Å². The van der Waals surface area contributed by atoms with E-state index in [0.717, 1.165) is 10.7 Å². The minimum atomic E-state index is -0.810. The van der Waals surface area contributed by atoms with E-state index < -0.39 is 29.2 Å². The predicted octanol–water partition coefficient (Wildman–Crippen LogP) is 1.26. The number of amides is 4. The second-order valence-corrected chi connectivity index (χ2v) is 10.1. The van der Waals surface area contributed by atoms with Crippen molar-refractivity contribution in [2.45, 2.75) is 45.3 Å². The third-order valence-corrected chi connectivity index (χ3v) is 6.34. The smallest absolute Gasteiger partial charge is 0.270 e. The van der Waals surface area contributed by atoms with Gasteiger partial charge in [-0.25, -0.2) is 13.9 Å². The number of anilines is 1. The van der Waals surface area contributed by atoms with Gasteiger partial charge >= 0.3 is 0 Å². The zero-order valence-electron chi connectivity index (χ0n) is 21.0. The van der Waals surface area contributed by atoms with Crippen molar-refractivity contribution in [3.05, 3.63) is 53.2 Å². The van der Waals surface area contributed by atoms with Gasteiger partial charge in [-0.05, 0) is 44.9 Å². The zero-order valence-corrected chi connectivity index (χ0v) is 21.0. The van der Waals surface area contributed by atoms with Gasteiger partial charge in [0.1, 0.15) is 23.2 Å². The summed E-state index contributed by atoms with van der Waals surface area (Å²) in [7, 11) is 0. The Morgan fingerprint density at radius 3 is 2.74 bits per heavy atom. The Kier molecular flexibility index (Phi) is 6.21. The molecule has 2 aliphatic rings. The fraction of sp³-hybridized carbons (Fsp3) is 0.360. The molecule has 13 heteroatoms. The van der Waals surface area contributed by atoms with Gasteiger partial charge in [0.15, 0.2) is 18.1 Å². The Balaban J connectivity index is 1.35. The number of rotatable bonds is 5. The maximum Gasteiger partial charge on any atom is 0.270 e. The van der Waals surface area contributed by atoms with Crippen LogP contribution in [0.3, 0.4) is 0 Å². The van der Waals surface area contributed by atoms with Gasteiger partial charge in [0.25, 0.3) is 17.7 Å². The van der Waals surface area contributed by atoms with Crippen molar-refractivity contribution in [2.24, 2.45) is 0 Å². The van der Waals surface area contributed by atoms with Gasteiger partial charge in [0.2, 0.25) is 5.91 Å². The number of hydrogen-bond acceptors (Lipinski definition) is 7.